The van der Waals surface area contributed by atoms with Gasteiger partial charge in [0.1, 0.15) is 5.75 Å². The highest BCUT2D eigenvalue weighted by Gasteiger charge is 2.32. The predicted octanol–water partition coefficient (Wildman–Crippen LogP) is 1.40. The lowest BCUT2D eigenvalue weighted by Gasteiger charge is -2.38. The Kier molecular flexibility index (Phi) is 6.80. The van der Waals surface area contributed by atoms with Gasteiger partial charge in [0.15, 0.2) is 0 Å². The van der Waals surface area contributed by atoms with Crippen molar-refractivity contribution in [3.63, 3.8) is 0 Å². The van der Waals surface area contributed by atoms with Crippen molar-refractivity contribution in [1.82, 2.24) is 20.0 Å². The Morgan fingerprint density at radius 1 is 1.21 bits per heavy atom. The number of halogens is 1. The standard InChI is InChI=1S/C20H29ClN4O3/c1-23(2)15-5-8-24(9-6-15)16-7-10-25(13-16)19(27)12-22-20(28)14-3-4-17(21)18(26)11-14/h3-4,11,15-16,26H,5-10,12-13H2,1-2H3,(H,22,28). The van der Waals surface area contributed by atoms with Gasteiger partial charge < -0.3 is 20.2 Å². The van der Waals surface area contributed by atoms with Gasteiger partial charge in [-0.3, -0.25) is 14.5 Å². The molecule has 2 fully saturated rings. The number of nitrogens with zero attached hydrogens (tertiary/aromatic N) is 3. The lowest BCUT2D eigenvalue weighted by Crippen LogP contribution is -2.48. The molecule has 0 bridgehead atoms. The maximum Gasteiger partial charge on any atom is 0.251 e. The Bertz CT molecular complexity index is 719. The molecule has 0 radical (unpaired) electrons. The molecule has 7 nitrogen and oxygen atoms in total. The summed E-state index contributed by atoms with van der Waals surface area (Å²) in [4.78, 5) is 31.3. The zero-order valence-corrected chi connectivity index (χ0v) is 17.3. The van der Waals surface area contributed by atoms with Crippen molar-refractivity contribution in [2.45, 2.75) is 31.3 Å². The summed E-state index contributed by atoms with van der Waals surface area (Å²) in [6, 6.07) is 5.34. The smallest absolute Gasteiger partial charge is 0.251 e. The van der Waals surface area contributed by atoms with Gasteiger partial charge in [-0.2, -0.15) is 0 Å². The number of phenolic OH excluding ortho intramolecular Hbond substituents is 1. The minimum absolute atomic E-state index is 0.0440. The van der Waals surface area contributed by atoms with E-state index in [1.54, 1.807) is 0 Å². The van der Waals surface area contributed by atoms with E-state index in [4.69, 9.17) is 11.6 Å². The van der Waals surface area contributed by atoms with Crippen molar-refractivity contribution in [1.29, 1.82) is 0 Å². The molecule has 1 atom stereocenters. The van der Waals surface area contributed by atoms with Gasteiger partial charge in [-0.15, -0.1) is 0 Å². The molecule has 2 aliphatic heterocycles. The molecule has 2 N–H and O–H groups in total. The molecular weight excluding hydrogens is 380 g/mol. The molecule has 2 amide bonds. The number of carbonyl (C=O) groups excluding carboxylic acids is 2. The van der Waals surface area contributed by atoms with Crippen LogP contribution in [-0.4, -0.2) is 90.5 Å². The van der Waals surface area contributed by atoms with Crippen LogP contribution in [0.15, 0.2) is 18.2 Å². The molecule has 3 rings (SSSR count). The lowest BCUT2D eigenvalue weighted by atomic mass is 10.0. The highest BCUT2D eigenvalue weighted by Crippen LogP contribution is 2.24. The molecule has 1 unspecified atom stereocenters. The van der Waals surface area contributed by atoms with Gasteiger partial charge in [-0.05, 0) is 64.6 Å². The van der Waals surface area contributed by atoms with E-state index in [0.717, 1.165) is 32.6 Å². The van der Waals surface area contributed by atoms with Gasteiger partial charge >= 0.3 is 0 Å². The number of hydrogen-bond donors (Lipinski definition) is 2. The van der Waals surface area contributed by atoms with Crippen molar-refractivity contribution in [2.24, 2.45) is 0 Å². The molecule has 0 aliphatic carbocycles. The van der Waals surface area contributed by atoms with Gasteiger partial charge in [0.05, 0.1) is 11.6 Å². The molecular formula is C20H29ClN4O3. The largest absolute Gasteiger partial charge is 0.506 e. The summed E-state index contributed by atoms with van der Waals surface area (Å²) in [5.74, 6) is -0.625. The van der Waals surface area contributed by atoms with E-state index >= 15 is 0 Å². The fourth-order valence-electron chi connectivity index (χ4n) is 4.06. The Morgan fingerprint density at radius 2 is 1.93 bits per heavy atom. The van der Waals surface area contributed by atoms with Crippen molar-refractivity contribution in [2.75, 3.05) is 46.8 Å². The third-order valence-corrected chi connectivity index (χ3v) is 6.19. The van der Waals surface area contributed by atoms with Gasteiger partial charge in [0.25, 0.3) is 5.91 Å². The highest BCUT2D eigenvalue weighted by atomic mass is 35.5. The summed E-state index contributed by atoms with van der Waals surface area (Å²) >= 11 is 5.75. The zero-order valence-electron chi connectivity index (χ0n) is 16.5. The van der Waals surface area contributed by atoms with Crippen molar-refractivity contribution in [3.05, 3.63) is 28.8 Å². The van der Waals surface area contributed by atoms with Crippen LogP contribution in [0.5, 0.6) is 5.75 Å². The Balaban J connectivity index is 1.44. The third-order valence-electron chi connectivity index (χ3n) is 5.87. The zero-order chi connectivity index (χ0) is 20.3. The highest BCUT2D eigenvalue weighted by molar-refractivity contribution is 6.32. The number of nitrogens with one attached hydrogen (secondary N) is 1. The summed E-state index contributed by atoms with van der Waals surface area (Å²) in [5, 5.41) is 12.4. The summed E-state index contributed by atoms with van der Waals surface area (Å²) in [6.07, 6.45) is 3.32. The Labute approximate surface area is 171 Å². The summed E-state index contributed by atoms with van der Waals surface area (Å²) < 4.78 is 0. The van der Waals surface area contributed by atoms with E-state index in [0.29, 0.717) is 12.1 Å². The monoisotopic (exact) mass is 408 g/mol. The van der Waals surface area contributed by atoms with Gasteiger partial charge in [-0.1, -0.05) is 11.6 Å². The van der Waals surface area contributed by atoms with Crippen molar-refractivity contribution in [3.8, 4) is 5.75 Å². The molecule has 0 saturated carbocycles. The quantitative estimate of drug-likeness (QED) is 0.770. The fourth-order valence-corrected chi connectivity index (χ4v) is 4.17. The van der Waals surface area contributed by atoms with E-state index in [2.05, 4.69) is 29.2 Å². The minimum atomic E-state index is -0.401. The molecule has 0 spiro atoms. The molecule has 1 aromatic rings. The van der Waals surface area contributed by atoms with Crippen LogP contribution in [0, 0.1) is 0 Å². The first-order chi connectivity index (χ1) is 13.3. The number of carbonyl (C=O) groups is 2. The summed E-state index contributed by atoms with van der Waals surface area (Å²) in [5.41, 5.74) is 0.276. The first kappa shape index (κ1) is 20.9. The summed E-state index contributed by atoms with van der Waals surface area (Å²) in [7, 11) is 4.27. The first-order valence-corrected chi connectivity index (χ1v) is 10.2. The fraction of sp³-hybridized carbons (Fsp3) is 0.600. The normalized spacial score (nSPS) is 21.3. The van der Waals surface area contributed by atoms with Gasteiger partial charge in [-0.25, -0.2) is 0 Å². The topological polar surface area (TPSA) is 76.1 Å². The summed E-state index contributed by atoms with van der Waals surface area (Å²) in [6.45, 7) is 3.56. The van der Waals surface area contributed by atoms with Crippen LogP contribution in [0.2, 0.25) is 5.02 Å². The number of amides is 2. The Hall–Kier alpha value is -1.83. The average Bonchev–Trinajstić information content (AvgIpc) is 3.18. The molecule has 0 aromatic heterocycles. The van der Waals surface area contributed by atoms with Crippen LogP contribution in [-0.2, 0) is 4.79 Å². The van der Waals surface area contributed by atoms with Crippen molar-refractivity contribution < 1.29 is 14.7 Å². The minimum Gasteiger partial charge on any atom is -0.506 e. The van der Waals surface area contributed by atoms with Crippen LogP contribution < -0.4 is 5.32 Å². The molecule has 2 aliphatic rings. The maximum atomic E-state index is 12.5. The second-order valence-corrected chi connectivity index (χ2v) is 8.27. The third kappa shape index (κ3) is 4.96. The Morgan fingerprint density at radius 3 is 2.57 bits per heavy atom. The van der Waals surface area contributed by atoms with E-state index in [1.165, 1.54) is 31.0 Å². The number of aromatic hydroxyl groups is 1. The van der Waals surface area contributed by atoms with Crippen LogP contribution in [0.1, 0.15) is 29.6 Å². The first-order valence-electron chi connectivity index (χ1n) is 9.80. The van der Waals surface area contributed by atoms with Crippen LogP contribution in [0.25, 0.3) is 0 Å². The lowest BCUT2D eigenvalue weighted by molar-refractivity contribution is -0.129. The van der Waals surface area contributed by atoms with E-state index < -0.39 is 5.91 Å². The van der Waals surface area contributed by atoms with Crippen molar-refractivity contribution >= 4 is 23.4 Å². The number of phenols is 1. The number of piperidine rings is 1. The SMILES string of the molecule is CN(C)C1CCN(C2CCN(C(=O)CNC(=O)c3ccc(Cl)c(O)c3)C2)CC1. The van der Waals surface area contributed by atoms with Crippen LogP contribution in [0.3, 0.4) is 0 Å². The molecule has 1 aromatic carbocycles. The molecule has 8 heteroatoms. The van der Waals surface area contributed by atoms with Crippen LogP contribution in [0.4, 0.5) is 0 Å². The average molecular weight is 409 g/mol. The number of rotatable bonds is 5. The van der Waals surface area contributed by atoms with E-state index in [9.17, 15) is 14.7 Å². The number of likely N-dealkylation sites (tertiary alicyclic amines) is 2. The van der Waals surface area contributed by atoms with Gasteiger partial charge in [0.2, 0.25) is 5.91 Å². The maximum absolute atomic E-state index is 12.5. The molecule has 28 heavy (non-hydrogen) atoms. The molecule has 2 saturated heterocycles. The number of hydrogen-bond acceptors (Lipinski definition) is 5. The second-order valence-electron chi connectivity index (χ2n) is 7.86. The number of benzene rings is 1. The van der Waals surface area contributed by atoms with E-state index in [1.807, 2.05) is 4.90 Å². The van der Waals surface area contributed by atoms with Crippen LogP contribution >= 0.6 is 11.6 Å². The molecule has 154 valence electrons. The van der Waals surface area contributed by atoms with E-state index in [-0.39, 0.29) is 28.8 Å². The molecule has 2 heterocycles. The second kappa shape index (κ2) is 9.11. The van der Waals surface area contributed by atoms with Gasteiger partial charge in [0, 0.05) is 30.7 Å². The predicted molar refractivity (Wildman–Crippen MR) is 109 cm³/mol.